The highest BCUT2D eigenvalue weighted by atomic mass is 32.2. The maximum atomic E-state index is 12.9. The molecule has 1 aromatic rings. The largest absolute Gasteiger partial charge is 0.318 e. The highest BCUT2D eigenvalue weighted by Gasteiger charge is 2.60. The second-order valence-electron chi connectivity index (χ2n) is 6.60. The molecule has 21 heavy (non-hydrogen) atoms. The minimum absolute atomic E-state index is 0.0769. The fraction of sp³-hybridized carbons (Fsp3) is 0.588. The van der Waals surface area contributed by atoms with Crippen molar-refractivity contribution in [1.29, 1.82) is 0 Å². The number of hydrogen-bond donors (Lipinski definition) is 1. The Morgan fingerprint density at radius 1 is 1.29 bits per heavy atom. The number of amides is 1. The molecule has 2 aliphatic heterocycles. The summed E-state index contributed by atoms with van der Waals surface area (Å²) in [4.78, 5) is 15.1. The van der Waals surface area contributed by atoms with Crippen LogP contribution in [-0.4, -0.2) is 33.9 Å². The summed E-state index contributed by atoms with van der Waals surface area (Å²) in [5, 5.41) is 3.65. The van der Waals surface area contributed by atoms with Crippen molar-refractivity contribution in [2.75, 3.05) is 11.5 Å². The molecule has 0 radical (unpaired) electrons. The van der Waals surface area contributed by atoms with E-state index >= 15 is 0 Å². The van der Waals surface area contributed by atoms with Crippen molar-refractivity contribution in [2.45, 2.75) is 50.4 Å². The monoisotopic (exact) mass is 302 g/mol. The SMILES string of the molecule is Cc1cccc(C2NC3(CC3)C(=O)N2C2CCSCC2)c1. The molecule has 4 heteroatoms. The highest BCUT2D eigenvalue weighted by Crippen LogP contribution is 2.47. The lowest BCUT2D eigenvalue weighted by atomic mass is 10.1. The van der Waals surface area contributed by atoms with E-state index in [0.29, 0.717) is 11.9 Å². The second kappa shape index (κ2) is 5.03. The number of carbonyl (C=O) groups is 1. The first-order chi connectivity index (χ1) is 10.2. The lowest BCUT2D eigenvalue weighted by Gasteiger charge is -2.35. The summed E-state index contributed by atoms with van der Waals surface area (Å²) >= 11 is 2.02. The van der Waals surface area contributed by atoms with Gasteiger partial charge in [0.05, 0.1) is 0 Å². The standard InChI is InChI=1S/C17H22N2OS/c1-12-3-2-4-13(11-12)15-18-17(7-8-17)16(20)19(15)14-5-9-21-10-6-14/h2-4,11,14-15,18H,5-10H2,1H3. The molecular formula is C17H22N2OS. The van der Waals surface area contributed by atoms with Crippen LogP contribution in [0.2, 0.25) is 0 Å². The average Bonchev–Trinajstić information content (AvgIpc) is 3.22. The van der Waals surface area contributed by atoms with Gasteiger partial charge in [-0.05, 0) is 49.7 Å². The van der Waals surface area contributed by atoms with Gasteiger partial charge in [0.25, 0.3) is 0 Å². The van der Waals surface area contributed by atoms with Gasteiger partial charge < -0.3 is 4.90 Å². The molecule has 1 atom stereocenters. The molecule has 1 spiro atoms. The first-order valence-electron chi connectivity index (χ1n) is 7.94. The highest BCUT2D eigenvalue weighted by molar-refractivity contribution is 7.99. The van der Waals surface area contributed by atoms with Crippen molar-refractivity contribution in [3.05, 3.63) is 35.4 Å². The number of nitrogens with zero attached hydrogens (tertiary/aromatic N) is 1. The third-order valence-electron chi connectivity index (χ3n) is 5.03. The lowest BCUT2D eigenvalue weighted by Crippen LogP contribution is -2.42. The van der Waals surface area contributed by atoms with Gasteiger partial charge in [-0.2, -0.15) is 11.8 Å². The van der Waals surface area contributed by atoms with Gasteiger partial charge in [-0.1, -0.05) is 29.8 Å². The third kappa shape index (κ3) is 2.29. The van der Waals surface area contributed by atoms with Gasteiger partial charge in [-0.3, -0.25) is 10.1 Å². The predicted molar refractivity (Wildman–Crippen MR) is 86.2 cm³/mol. The fourth-order valence-electron chi connectivity index (χ4n) is 3.66. The summed E-state index contributed by atoms with van der Waals surface area (Å²) in [6.45, 7) is 2.12. The molecule has 3 fully saturated rings. The van der Waals surface area contributed by atoms with Crippen molar-refractivity contribution in [2.24, 2.45) is 0 Å². The molecule has 1 unspecified atom stereocenters. The summed E-state index contributed by atoms with van der Waals surface area (Å²) in [5.74, 6) is 2.72. The molecule has 2 saturated heterocycles. The maximum Gasteiger partial charge on any atom is 0.244 e. The van der Waals surface area contributed by atoms with E-state index in [1.807, 2.05) is 11.8 Å². The van der Waals surface area contributed by atoms with Gasteiger partial charge in [-0.25, -0.2) is 0 Å². The van der Waals surface area contributed by atoms with E-state index < -0.39 is 0 Å². The van der Waals surface area contributed by atoms with Crippen molar-refractivity contribution >= 4 is 17.7 Å². The number of benzene rings is 1. The van der Waals surface area contributed by atoms with Crippen LogP contribution in [0.25, 0.3) is 0 Å². The van der Waals surface area contributed by atoms with Gasteiger partial charge >= 0.3 is 0 Å². The molecule has 0 aromatic heterocycles. The molecule has 0 bridgehead atoms. The van der Waals surface area contributed by atoms with E-state index in [2.05, 4.69) is 41.4 Å². The zero-order valence-electron chi connectivity index (χ0n) is 12.5. The summed E-state index contributed by atoms with van der Waals surface area (Å²) in [5.41, 5.74) is 2.28. The van der Waals surface area contributed by atoms with E-state index in [9.17, 15) is 4.79 Å². The van der Waals surface area contributed by atoms with Crippen molar-refractivity contribution in [3.8, 4) is 0 Å². The molecule has 4 rings (SSSR count). The van der Waals surface area contributed by atoms with Gasteiger partial charge in [0.1, 0.15) is 11.7 Å². The third-order valence-corrected chi connectivity index (χ3v) is 6.08. The van der Waals surface area contributed by atoms with Crippen LogP contribution in [0, 0.1) is 6.92 Å². The molecule has 3 aliphatic rings. The van der Waals surface area contributed by atoms with Crippen LogP contribution >= 0.6 is 11.8 Å². The molecule has 1 aliphatic carbocycles. The summed E-state index contributed by atoms with van der Waals surface area (Å²) < 4.78 is 0. The van der Waals surface area contributed by atoms with Gasteiger partial charge in [0, 0.05) is 6.04 Å². The summed E-state index contributed by atoms with van der Waals surface area (Å²) in [6, 6.07) is 9.01. The Bertz CT molecular complexity index is 564. The number of hydrogen-bond acceptors (Lipinski definition) is 3. The molecule has 1 saturated carbocycles. The fourth-order valence-corrected chi connectivity index (χ4v) is 4.75. The first kappa shape index (κ1) is 13.6. The molecule has 1 amide bonds. The molecule has 3 nitrogen and oxygen atoms in total. The Labute approximate surface area is 130 Å². The van der Waals surface area contributed by atoms with Crippen LogP contribution in [-0.2, 0) is 4.79 Å². The molecule has 1 aromatic carbocycles. The van der Waals surface area contributed by atoms with E-state index in [4.69, 9.17) is 0 Å². The number of aryl methyl sites for hydroxylation is 1. The van der Waals surface area contributed by atoms with E-state index in [-0.39, 0.29) is 11.7 Å². The molecule has 112 valence electrons. The molecular weight excluding hydrogens is 280 g/mol. The van der Waals surface area contributed by atoms with Crippen molar-refractivity contribution in [1.82, 2.24) is 10.2 Å². The van der Waals surface area contributed by atoms with E-state index in [0.717, 1.165) is 25.7 Å². The van der Waals surface area contributed by atoms with Crippen LogP contribution in [0.3, 0.4) is 0 Å². The average molecular weight is 302 g/mol. The van der Waals surface area contributed by atoms with Crippen molar-refractivity contribution in [3.63, 3.8) is 0 Å². The minimum atomic E-state index is -0.223. The number of thioether (sulfide) groups is 1. The van der Waals surface area contributed by atoms with Crippen LogP contribution < -0.4 is 5.32 Å². The normalized spacial score (nSPS) is 28.3. The van der Waals surface area contributed by atoms with Gasteiger partial charge in [-0.15, -0.1) is 0 Å². The quantitative estimate of drug-likeness (QED) is 0.912. The maximum absolute atomic E-state index is 12.9. The van der Waals surface area contributed by atoms with Crippen LogP contribution in [0.5, 0.6) is 0 Å². The zero-order valence-corrected chi connectivity index (χ0v) is 13.3. The minimum Gasteiger partial charge on any atom is -0.318 e. The summed E-state index contributed by atoms with van der Waals surface area (Å²) in [6.07, 6.45) is 4.36. The Kier molecular flexibility index (Phi) is 3.27. The Balaban J connectivity index is 1.68. The number of rotatable bonds is 2. The van der Waals surface area contributed by atoms with Crippen LogP contribution in [0.15, 0.2) is 24.3 Å². The van der Waals surface area contributed by atoms with Crippen molar-refractivity contribution < 1.29 is 4.79 Å². The Hall–Kier alpha value is -1.00. The van der Waals surface area contributed by atoms with Crippen LogP contribution in [0.4, 0.5) is 0 Å². The Morgan fingerprint density at radius 3 is 2.71 bits per heavy atom. The van der Waals surface area contributed by atoms with Crippen LogP contribution in [0.1, 0.15) is 43.0 Å². The number of carbonyl (C=O) groups excluding carboxylic acids is 1. The predicted octanol–water partition coefficient (Wildman–Crippen LogP) is 2.85. The lowest BCUT2D eigenvalue weighted by molar-refractivity contribution is -0.133. The zero-order chi connectivity index (χ0) is 14.4. The van der Waals surface area contributed by atoms with E-state index in [1.54, 1.807) is 0 Å². The molecule has 1 N–H and O–H groups in total. The topological polar surface area (TPSA) is 32.3 Å². The summed E-state index contributed by atoms with van der Waals surface area (Å²) in [7, 11) is 0. The van der Waals surface area contributed by atoms with Gasteiger partial charge in [0.2, 0.25) is 5.91 Å². The van der Waals surface area contributed by atoms with Gasteiger partial charge in [0.15, 0.2) is 0 Å². The first-order valence-corrected chi connectivity index (χ1v) is 9.10. The second-order valence-corrected chi connectivity index (χ2v) is 7.82. The smallest absolute Gasteiger partial charge is 0.244 e. The number of nitrogens with one attached hydrogen (secondary N) is 1. The molecule has 2 heterocycles. The van der Waals surface area contributed by atoms with E-state index in [1.165, 1.54) is 22.6 Å². The Morgan fingerprint density at radius 2 is 2.05 bits per heavy atom.